The zero-order chi connectivity index (χ0) is 18.4. The van der Waals surface area contributed by atoms with Gasteiger partial charge in [0, 0.05) is 4.75 Å². The predicted molar refractivity (Wildman–Crippen MR) is 112 cm³/mol. The molecule has 0 heterocycles. The minimum Gasteiger partial charge on any atom is -0.173 e. The van der Waals surface area contributed by atoms with Gasteiger partial charge >= 0.3 is 0 Å². The van der Waals surface area contributed by atoms with Crippen LogP contribution in [0.25, 0.3) is 0 Å². The first-order valence-electron chi connectivity index (χ1n) is 9.91. The zero-order valence-electron chi connectivity index (χ0n) is 17.8. The standard InChI is InChI=1S/C22H46S/c1-10-11-12-13-14-15-19(2,3)16-20(4,5)17-21(6,7)18-22(8,9)23/h23H,10-18H2,1-9H3. The van der Waals surface area contributed by atoms with E-state index in [1.54, 1.807) is 0 Å². The van der Waals surface area contributed by atoms with E-state index in [1.807, 2.05) is 0 Å². The quantitative estimate of drug-likeness (QED) is 0.267. The second-order valence-corrected chi connectivity index (χ2v) is 12.2. The topological polar surface area (TPSA) is 0 Å². The fourth-order valence-electron chi connectivity index (χ4n) is 5.18. The summed E-state index contributed by atoms with van der Waals surface area (Å²) in [7, 11) is 0. The summed E-state index contributed by atoms with van der Waals surface area (Å²) < 4.78 is 0.119. The third-order valence-electron chi connectivity index (χ3n) is 4.78. The molecule has 0 N–H and O–H groups in total. The molecular formula is C22H46S. The maximum absolute atomic E-state index is 4.76. The van der Waals surface area contributed by atoms with E-state index in [1.165, 1.54) is 57.8 Å². The van der Waals surface area contributed by atoms with Crippen molar-refractivity contribution in [3.63, 3.8) is 0 Å². The summed E-state index contributed by atoms with van der Waals surface area (Å²) in [4.78, 5) is 0. The predicted octanol–water partition coefficient (Wildman–Crippen LogP) is 8.30. The molecule has 0 saturated carbocycles. The number of thiol groups is 1. The minimum absolute atomic E-state index is 0.119. The fraction of sp³-hybridized carbons (Fsp3) is 1.00. The highest BCUT2D eigenvalue weighted by molar-refractivity contribution is 7.81. The van der Waals surface area contributed by atoms with Gasteiger partial charge in [-0.3, -0.25) is 0 Å². The molecule has 0 atom stereocenters. The third kappa shape index (κ3) is 13.3. The van der Waals surface area contributed by atoms with E-state index in [4.69, 9.17) is 12.6 Å². The van der Waals surface area contributed by atoms with Gasteiger partial charge < -0.3 is 0 Å². The van der Waals surface area contributed by atoms with Gasteiger partial charge in [-0.05, 0) is 41.9 Å². The van der Waals surface area contributed by atoms with Gasteiger partial charge in [0.15, 0.2) is 0 Å². The highest BCUT2D eigenvalue weighted by Gasteiger charge is 2.35. The molecule has 0 unspecified atom stereocenters. The Labute approximate surface area is 154 Å². The van der Waals surface area contributed by atoms with Crippen LogP contribution in [0, 0.1) is 16.2 Å². The fourth-order valence-corrected chi connectivity index (χ4v) is 5.61. The van der Waals surface area contributed by atoms with Gasteiger partial charge in [-0.1, -0.05) is 94.4 Å². The molecule has 0 aliphatic rings. The van der Waals surface area contributed by atoms with E-state index in [9.17, 15) is 0 Å². The van der Waals surface area contributed by atoms with E-state index in [0.717, 1.165) is 0 Å². The van der Waals surface area contributed by atoms with Crippen LogP contribution in [0.1, 0.15) is 120 Å². The maximum Gasteiger partial charge on any atom is 0.00782 e. The van der Waals surface area contributed by atoms with E-state index >= 15 is 0 Å². The summed E-state index contributed by atoms with van der Waals surface area (Å²) in [6.07, 6.45) is 12.1. The van der Waals surface area contributed by atoms with Crippen LogP contribution >= 0.6 is 12.6 Å². The molecule has 140 valence electrons. The second-order valence-electron chi connectivity index (χ2n) is 11.0. The average molecular weight is 343 g/mol. The Morgan fingerprint density at radius 2 is 1.00 bits per heavy atom. The monoisotopic (exact) mass is 342 g/mol. The van der Waals surface area contributed by atoms with Crippen LogP contribution in [0.15, 0.2) is 0 Å². The molecule has 0 aromatic heterocycles. The number of hydrogen-bond donors (Lipinski definition) is 1. The van der Waals surface area contributed by atoms with Crippen molar-refractivity contribution < 1.29 is 0 Å². The van der Waals surface area contributed by atoms with Crippen molar-refractivity contribution in [1.82, 2.24) is 0 Å². The van der Waals surface area contributed by atoms with Gasteiger partial charge in [-0.15, -0.1) is 0 Å². The van der Waals surface area contributed by atoms with Gasteiger partial charge in [0.25, 0.3) is 0 Å². The molecule has 0 aromatic carbocycles. The average Bonchev–Trinajstić information content (AvgIpc) is 2.21. The lowest BCUT2D eigenvalue weighted by Gasteiger charge is -2.42. The number of hydrogen-bond acceptors (Lipinski definition) is 1. The van der Waals surface area contributed by atoms with E-state index in [-0.39, 0.29) is 4.75 Å². The third-order valence-corrected chi connectivity index (χ3v) is 4.94. The van der Waals surface area contributed by atoms with Crippen molar-refractivity contribution >= 4 is 12.6 Å². The van der Waals surface area contributed by atoms with Crippen molar-refractivity contribution in [2.75, 3.05) is 0 Å². The SMILES string of the molecule is CCCCCCCC(C)(C)CC(C)(C)CC(C)(C)CC(C)(C)S. The van der Waals surface area contributed by atoms with E-state index < -0.39 is 0 Å². The summed E-state index contributed by atoms with van der Waals surface area (Å²) in [6.45, 7) is 21.5. The highest BCUT2D eigenvalue weighted by atomic mass is 32.1. The van der Waals surface area contributed by atoms with Crippen molar-refractivity contribution in [1.29, 1.82) is 0 Å². The first kappa shape index (κ1) is 23.4. The van der Waals surface area contributed by atoms with E-state index in [2.05, 4.69) is 62.3 Å². The summed E-state index contributed by atoms with van der Waals surface area (Å²) in [5, 5.41) is 0. The van der Waals surface area contributed by atoms with Crippen LogP contribution in [-0.2, 0) is 0 Å². The number of rotatable bonds is 12. The molecule has 0 fully saturated rings. The van der Waals surface area contributed by atoms with Crippen molar-refractivity contribution in [3.05, 3.63) is 0 Å². The summed E-state index contributed by atoms with van der Waals surface area (Å²) in [6, 6.07) is 0. The Morgan fingerprint density at radius 3 is 1.48 bits per heavy atom. The van der Waals surface area contributed by atoms with Crippen molar-refractivity contribution in [3.8, 4) is 0 Å². The first-order chi connectivity index (χ1) is 10.2. The molecule has 0 saturated heterocycles. The lowest BCUT2D eigenvalue weighted by atomic mass is 9.65. The lowest BCUT2D eigenvalue weighted by molar-refractivity contribution is 0.108. The molecule has 0 spiro atoms. The molecular weight excluding hydrogens is 296 g/mol. The van der Waals surface area contributed by atoms with Gasteiger partial charge in [0.05, 0.1) is 0 Å². The zero-order valence-corrected chi connectivity index (χ0v) is 18.7. The van der Waals surface area contributed by atoms with Crippen LogP contribution < -0.4 is 0 Å². The Hall–Kier alpha value is 0.350. The largest absolute Gasteiger partial charge is 0.173 e. The van der Waals surface area contributed by atoms with Gasteiger partial charge in [-0.25, -0.2) is 0 Å². The maximum atomic E-state index is 4.76. The highest BCUT2D eigenvalue weighted by Crippen LogP contribution is 2.46. The Bertz CT molecular complexity index is 317. The van der Waals surface area contributed by atoms with Gasteiger partial charge in [0.1, 0.15) is 0 Å². The smallest absolute Gasteiger partial charge is 0.00782 e. The summed E-state index contributed by atoms with van der Waals surface area (Å²) in [5.74, 6) is 0. The van der Waals surface area contributed by atoms with Crippen LogP contribution in [0.5, 0.6) is 0 Å². The van der Waals surface area contributed by atoms with Crippen molar-refractivity contribution in [2.24, 2.45) is 16.2 Å². The lowest BCUT2D eigenvalue weighted by Crippen LogP contribution is -2.32. The van der Waals surface area contributed by atoms with Crippen molar-refractivity contribution in [2.45, 2.75) is 125 Å². The molecule has 1 heteroatoms. The van der Waals surface area contributed by atoms with Crippen LogP contribution in [-0.4, -0.2) is 4.75 Å². The molecule has 0 radical (unpaired) electrons. The van der Waals surface area contributed by atoms with Gasteiger partial charge in [-0.2, -0.15) is 12.6 Å². The normalized spacial score (nSPS) is 14.3. The summed E-state index contributed by atoms with van der Waals surface area (Å²) >= 11 is 4.76. The molecule has 0 bridgehead atoms. The minimum atomic E-state index is 0.119. The second kappa shape index (κ2) is 9.16. The van der Waals surface area contributed by atoms with Crippen LogP contribution in [0.3, 0.4) is 0 Å². The molecule has 0 aromatic rings. The molecule has 23 heavy (non-hydrogen) atoms. The van der Waals surface area contributed by atoms with Crippen LogP contribution in [0.4, 0.5) is 0 Å². The van der Waals surface area contributed by atoms with E-state index in [0.29, 0.717) is 16.2 Å². The Morgan fingerprint density at radius 1 is 0.565 bits per heavy atom. The number of unbranched alkanes of at least 4 members (excludes halogenated alkanes) is 4. The molecule has 0 rings (SSSR count). The molecule has 0 amide bonds. The molecule has 0 nitrogen and oxygen atoms in total. The van der Waals surface area contributed by atoms with Crippen LogP contribution in [0.2, 0.25) is 0 Å². The molecule has 0 aliphatic heterocycles. The molecule has 0 aliphatic carbocycles. The van der Waals surface area contributed by atoms with Gasteiger partial charge in [0.2, 0.25) is 0 Å². The Balaban J connectivity index is 4.46. The summed E-state index contributed by atoms with van der Waals surface area (Å²) in [5.41, 5.74) is 1.21. The Kier molecular flexibility index (Phi) is 9.30. The first-order valence-corrected chi connectivity index (χ1v) is 10.4.